The van der Waals surface area contributed by atoms with E-state index in [0.29, 0.717) is 11.5 Å². The van der Waals surface area contributed by atoms with E-state index in [2.05, 4.69) is 38.0 Å². The second-order valence-electron chi connectivity index (χ2n) is 7.32. The third-order valence-electron chi connectivity index (χ3n) is 4.87. The Morgan fingerprint density at radius 3 is 2.47 bits per heavy atom. The second kappa shape index (κ2) is 6.55. The average Bonchev–Trinajstić information content (AvgIpc) is 3.03. The molecule has 3 nitrogen and oxygen atoms in total. The molecule has 0 aromatic rings. The summed E-state index contributed by atoms with van der Waals surface area (Å²) in [5.41, 5.74) is 0.426. The maximum Gasteiger partial charge on any atom is 0.0472 e. The van der Waals surface area contributed by atoms with Crippen LogP contribution in [0.1, 0.15) is 40.0 Å². The predicted molar refractivity (Wildman–Crippen MR) is 80.4 cm³/mol. The molecule has 0 spiro atoms. The van der Waals surface area contributed by atoms with Crippen LogP contribution in [0, 0.1) is 17.3 Å². The first-order chi connectivity index (χ1) is 9.01. The molecule has 0 aromatic carbocycles. The zero-order valence-electron chi connectivity index (χ0n) is 13.2. The van der Waals surface area contributed by atoms with Crippen molar-refractivity contribution in [1.82, 2.24) is 10.2 Å². The lowest BCUT2D eigenvalue weighted by Crippen LogP contribution is -2.48. The van der Waals surface area contributed by atoms with Gasteiger partial charge in [-0.15, -0.1) is 0 Å². The number of rotatable bonds is 7. The lowest BCUT2D eigenvalue weighted by molar-refractivity contribution is -0.00210. The average molecular weight is 268 g/mol. The molecule has 0 aromatic heterocycles. The third-order valence-corrected chi connectivity index (χ3v) is 4.87. The summed E-state index contributed by atoms with van der Waals surface area (Å²) < 4.78 is 5.58. The SMILES string of the molecule is CC(C)NCC1(CN(C)CC2CC2C)CCOCC1. The highest BCUT2D eigenvalue weighted by molar-refractivity contribution is 4.90. The monoisotopic (exact) mass is 268 g/mol. The lowest BCUT2D eigenvalue weighted by Gasteiger charge is -2.41. The van der Waals surface area contributed by atoms with Gasteiger partial charge in [0.15, 0.2) is 0 Å². The summed E-state index contributed by atoms with van der Waals surface area (Å²) in [6, 6.07) is 0.577. The van der Waals surface area contributed by atoms with Crippen LogP contribution in [0.4, 0.5) is 0 Å². The quantitative estimate of drug-likeness (QED) is 0.767. The molecule has 1 N–H and O–H groups in total. The van der Waals surface area contributed by atoms with E-state index in [9.17, 15) is 0 Å². The molecule has 1 aliphatic heterocycles. The summed E-state index contributed by atoms with van der Waals surface area (Å²) in [6.45, 7) is 12.4. The van der Waals surface area contributed by atoms with Gasteiger partial charge in [-0.3, -0.25) is 0 Å². The third kappa shape index (κ3) is 4.73. The van der Waals surface area contributed by atoms with Gasteiger partial charge in [0, 0.05) is 38.9 Å². The lowest BCUT2D eigenvalue weighted by atomic mass is 9.79. The van der Waals surface area contributed by atoms with Crippen LogP contribution in [0.25, 0.3) is 0 Å². The Kier molecular flexibility index (Phi) is 5.27. The molecule has 1 saturated heterocycles. The van der Waals surface area contributed by atoms with Gasteiger partial charge in [-0.2, -0.15) is 0 Å². The van der Waals surface area contributed by atoms with E-state index in [-0.39, 0.29) is 0 Å². The van der Waals surface area contributed by atoms with Crippen molar-refractivity contribution in [2.24, 2.45) is 17.3 Å². The summed E-state index contributed by atoms with van der Waals surface area (Å²) in [6.07, 6.45) is 3.85. The van der Waals surface area contributed by atoms with Gasteiger partial charge >= 0.3 is 0 Å². The van der Waals surface area contributed by atoms with Crippen molar-refractivity contribution in [3.8, 4) is 0 Å². The van der Waals surface area contributed by atoms with E-state index >= 15 is 0 Å². The van der Waals surface area contributed by atoms with Crippen molar-refractivity contribution in [3.63, 3.8) is 0 Å². The van der Waals surface area contributed by atoms with Gasteiger partial charge in [0.2, 0.25) is 0 Å². The van der Waals surface area contributed by atoms with Crippen molar-refractivity contribution in [3.05, 3.63) is 0 Å². The Labute approximate surface area is 119 Å². The zero-order valence-corrected chi connectivity index (χ0v) is 13.2. The number of nitrogens with one attached hydrogen (secondary N) is 1. The largest absolute Gasteiger partial charge is 0.381 e. The van der Waals surface area contributed by atoms with Gasteiger partial charge in [-0.1, -0.05) is 20.8 Å². The van der Waals surface area contributed by atoms with E-state index in [1.54, 1.807) is 0 Å². The molecule has 2 aliphatic rings. The van der Waals surface area contributed by atoms with E-state index in [0.717, 1.165) is 31.6 Å². The molecule has 19 heavy (non-hydrogen) atoms. The van der Waals surface area contributed by atoms with Gasteiger partial charge in [0.25, 0.3) is 0 Å². The van der Waals surface area contributed by atoms with E-state index in [1.807, 2.05) is 0 Å². The fraction of sp³-hybridized carbons (Fsp3) is 1.00. The molecule has 112 valence electrons. The van der Waals surface area contributed by atoms with Crippen LogP contribution in [-0.4, -0.2) is 50.8 Å². The number of hydrogen-bond donors (Lipinski definition) is 1. The highest BCUT2D eigenvalue weighted by atomic mass is 16.5. The van der Waals surface area contributed by atoms with Crippen LogP contribution in [0.2, 0.25) is 0 Å². The van der Waals surface area contributed by atoms with Crippen LogP contribution < -0.4 is 5.32 Å². The van der Waals surface area contributed by atoms with Crippen LogP contribution in [-0.2, 0) is 4.74 Å². The molecular formula is C16H32N2O. The summed E-state index contributed by atoms with van der Waals surface area (Å²) in [5.74, 6) is 1.92. The highest BCUT2D eigenvalue weighted by Gasteiger charge is 2.37. The Morgan fingerprint density at radius 2 is 1.95 bits per heavy atom. The molecule has 2 fully saturated rings. The van der Waals surface area contributed by atoms with Crippen LogP contribution in [0.5, 0.6) is 0 Å². The maximum atomic E-state index is 5.58. The first kappa shape index (κ1) is 15.3. The standard InChI is InChI=1S/C16H32N2O/c1-13(2)17-11-16(5-7-19-8-6-16)12-18(4)10-15-9-14(15)3/h13-15,17H,5-12H2,1-4H3. The van der Waals surface area contributed by atoms with E-state index in [4.69, 9.17) is 4.74 Å². The van der Waals surface area contributed by atoms with Gasteiger partial charge in [-0.25, -0.2) is 0 Å². The van der Waals surface area contributed by atoms with Crippen molar-refractivity contribution in [1.29, 1.82) is 0 Å². The summed E-state index contributed by atoms with van der Waals surface area (Å²) in [7, 11) is 2.30. The molecule has 0 radical (unpaired) electrons. The molecule has 3 heteroatoms. The topological polar surface area (TPSA) is 24.5 Å². The predicted octanol–water partition coefficient (Wildman–Crippen LogP) is 2.37. The van der Waals surface area contributed by atoms with Crippen molar-refractivity contribution in [2.45, 2.75) is 46.1 Å². The molecular weight excluding hydrogens is 236 g/mol. The van der Waals surface area contributed by atoms with Crippen molar-refractivity contribution >= 4 is 0 Å². The minimum absolute atomic E-state index is 0.426. The van der Waals surface area contributed by atoms with Crippen molar-refractivity contribution < 1.29 is 4.74 Å². The smallest absolute Gasteiger partial charge is 0.0472 e. The first-order valence-electron chi connectivity index (χ1n) is 8.00. The minimum atomic E-state index is 0.426. The van der Waals surface area contributed by atoms with Gasteiger partial charge < -0.3 is 15.0 Å². The van der Waals surface area contributed by atoms with Crippen molar-refractivity contribution in [2.75, 3.05) is 39.9 Å². The Hall–Kier alpha value is -0.120. The fourth-order valence-electron chi connectivity index (χ4n) is 3.31. The van der Waals surface area contributed by atoms with Gasteiger partial charge in [-0.05, 0) is 43.6 Å². The molecule has 1 aliphatic carbocycles. The maximum absolute atomic E-state index is 5.58. The van der Waals surface area contributed by atoms with E-state index < -0.39 is 0 Å². The number of ether oxygens (including phenoxy) is 1. The molecule has 2 atom stereocenters. The normalized spacial score (nSPS) is 30.0. The van der Waals surface area contributed by atoms with Crippen LogP contribution >= 0.6 is 0 Å². The van der Waals surface area contributed by atoms with Gasteiger partial charge in [0.1, 0.15) is 0 Å². The summed E-state index contributed by atoms with van der Waals surface area (Å²) in [4.78, 5) is 2.57. The first-order valence-corrected chi connectivity index (χ1v) is 8.00. The molecule has 2 unspecified atom stereocenters. The molecule has 0 bridgehead atoms. The Morgan fingerprint density at radius 1 is 1.32 bits per heavy atom. The summed E-state index contributed by atoms with van der Waals surface area (Å²) >= 11 is 0. The van der Waals surface area contributed by atoms with Crippen LogP contribution in [0.15, 0.2) is 0 Å². The molecule has 1 heterocycles. The highest BCUT2D eigenvalue weighted by Crippen LogP contribution is 2.39. The molecule has 1 saturated carbocycles. The second-order valence-corrected chi connectivity index (χ2v) is 7.32. The minimum Gasteiger partial charge on any atom is -0.381 e. The number of hydrogen-bond acceptors (Lipinski definition) is 3. The number of nitrogens with zero attached hydrogens (tertiary/aromatic N) is 1. The summed E-state index contributed by atoms with van der Waals surface area (Å²) in [5, 5.41) is 3.66. The Balaban J connectivity index is 1.84. The Bertz CT molecular complexity index is 274. The van der Waals surface area contributed by atoms with Crippen LogP contribution in [0.3, 0.4) is 0 Å². The fourth-order valence-corrected chi connectivity index (χ4v) is 3.31. The zero-order chi connectivity index (χ0) is 13.9. The van der Waals surface area contributed by atoms with Gasteiger partial charge in [0.05, 0.1) is 0 Å². The molecule has 0 amide bonds. The van der Waals surface area contributed by atoms with E-state index in [1.165, 1.54) is 32.4 Å². The molecule has 2 rings (SSSR count).